The van der Waals surface area contributed by atoms with Crippen LogP contribution in [0.3, 0.4) is 0 Å². The van der Waals surface area contributed by atoms with Crippen molar-refractivity contribution in [3.63, 3.8) is 0 Å². The van der Waals surface area contributed by atoms with Gasteiger partial charge in [0.2, 0.25) is 5.91 Å². The molecule has 2 aliphatic heterocycles. The number of H-pyrrole nitrogens is 1. The van der Waals surface area contributed by atoms with E-state index < -0.39 is 0 Å². The molecule has 0 spiro atoms. The van der Waals surface area contributed by atoms with Gasteiger partial charge in [0, 0.05) is 62.5 Å². The molecular formula is C20H25FN4O. The summed E-state index contributed by atoms with van der Waals surface area (Å²) in [7, 11) is 0. The minimum Gasteiger partial charge on any atom is -0.348 e. The summed E-state index contributed by atoms with van der Waals surface area (Å²) >= 11 is 0. The van der Waals surface area contributed by atoms with Gasteiger partial charge in [0.1, 0.15) is 5.82 Å². The molecule has 2 atom stereocenters. The summed E-state index contributed by atoms with van der Waals surface area (Å²) in [5.41, 5.74) is 1.82. The zero-order chi connectivity index (χ0) is 17.9. The van der Waals surface area contributed by atoms with Crippen molar-refractivity contribution in [2.24, 2.45) is 5.92 Å². The monoisotopic (exact) mass is 356 g/mol. The second-order valence-electron chi connectivity index (χ2n) is 7.40. The average molecular weight is 356 g/mol. The molecule has 2 fully saturated rings. The average Bonchev–Trinajstić information content (AvgIpc) is 3.16. The lowest BCUT2D eigenvalue weighted by Gasteiger charge is -2.47. The molecule has 2 saturated heterocycles. The number of carbonyl (C=O) groups excluding carboxylic acids is 1. The van der Waals surface area contributed by atoms with Gasteiger partial charge in [0.15, 0.2) is 0 Å². The Hall–Kier alpha value is -2.21. The number of nitrogens with zero attached hydrogens (tertiary/aromatic N) is 3. The second-order valence-corrected chi connectivity index (χ2v) is 7.40. The fraction of sp³-hybridized carbons (Fsp3) is 0.500. The summed E-state index contributed by atoms with van der Waals surface area (Å²) in [6.07, 6.45) is 6.84. The molecule has 2 aromatic rings. The van der Waals surface area contributed by atoms with E-state index in [-0.39, 0.29) is 11.7 Å². The first kappa shape index (κ1) is 17.2. The van der Waals surface area contributed by atoms with Crippen LogP contribution in [0.5, 0.6) is 0 Å². The number of hydrogen-bond donors (Lipinski definition) is 1. The molecule has 0 radical (unpaired) electrons. The molecule has 1 aromatic heterocycles. The van der Waals surface area contributed by atoms with Crippen molar-refractivity contribution in [1.29, 1.82) is 0 Å². The minimum atomic E-state index is -0.130. The Balaban J connectivity index is 1.38. The predicted molar refractivity (Wildman–Crippen MR) is 96.8 cm³/mol. The van der Waals surface area contributed by atoms with E-state index in [4.69, 9.17) is 0 Å². The maximum absolute atomic E-state index is 13.9. The van der Waals surface area contributed by atoms with Gasteiger partial charge < -0.3 is 9.88 Å². The van der Waals surface area contributed by atoms with E-state index in [9.17, 15) is 9.18 Å². The maximum Gasteiger partial charge on any atom is 0.222 e. The zero-order valence-corrected chi connectivity index (χ0v) is 14.9. The Kier molecular flexibility index (Phi) is 5.02. The number of imidazole rings is 1. The van der Waals surface area contributed by atoms with E-state index in [1.54, 1.807) is 12.4 Å². The summed E-state index contributed by atoms with van der Waals surface area (Å²) in [4.78, 5) is 24.0. The van der Waals surface area contributed by atoms with Crippen LogP contribution in [0.25, 0.3) is 0 Å². The number of likely N-dealkylation sites (tertiary alicyclic amines) is 2. The smallest absolute Gasteiger partial charge is 0.222 e. The molecule has 0 saturated carbocycles. The molecular weight excluding hydrogens is 331 g/mol. The van der Waals surface area contributed by atoms with Gasteiger partial charge >= 0.3 is 0 Å². The van der Waals surface area contributed by atoms with Crippen LogP contribution in [0.4, 0.5) is 4.39 Å². The molecule has 1 amide bonds. The minimum absolute atomic E-state index is 0.130. The Morgan fingerprint density at radius 3 is 2.96 bits per heavy atom. The van der Waals surface area contributed by atoms with Gasteiger partial charge in [0.25, 0.3) is 0 Å². The molecule has 138 valence electrons. The van der Waals surface area contributed by atoms with Crippen LogP contribution in [0.1, 0.15) is 30.5 Å². The van der Waals surface area contributed by atoms with Gasteiger partial charge in [-0.2, -0.15) is 0 Å². The second kappa shape index (κ2) is 7.58. The molecule has 5 nitrogen and oxygen atoms in total. The highest BCUT2D eigenvalue weighted by atomic mass is 19.1. The van der Waals surface area contributed by atoms with Crippen LogP contribution in [0.15, 0.2) is 36.8 Å². The summed E-state index contributed by atoms with van der Waals surface area (Å²) in [6.45, 7) is 3.24. The zero-order valence-electron chi connectivity index (χ0n) is 14.9. The van der Waals surface area contributed by atoms with Crippen LogP contribution in [-0.2, 0) is 17.8 Å². The van der Waals surface area contributed by atoms with Crippen molar-refractivity contribution in [2.75, 3.05) is 19.6 Å². The number of carbonyl (C=O) groups is 1. The van der Waals surface area contributed by atoms with Gasteiger partial charge in [0.05, 0.1) is 6.33 Å². The molecule has 0 unspecified atom stereocenters. The highest BCUT2D eigenvalue weighted by molar-refractivity contribution is 5.77. The third kappa shape index (κ3) is 3.65. The fourth-order valence-electron chi connectivity index (χ4n) is 4.39. The fourth-order valence-corrected chi connectivity index (χ4v) is 4.39. The van der Waals surface area contributed by atoms with Crippen molar-refractivity contribution in [3.8, 4) is 0 Å². The summed E-state index contributed by atoms with van der Waals surface area (Å²) in [6, 6.07) is 7.33. The van der Waals surface area contributed by atoms with Crippen molar-refractivity contribution in [2.45, 2.75) is 38.3 Å². The van der Waals surface area contributed by atoms with E-state index in [1.165, 1.54) is 6.07 Å². The third-order valence-corrected chi connectivity index (χ3v) is 5.76. The topological polar surface area (TPSA) is 52.2 Å². The normalized spacial score (nSPS) is 23.9. The van der Waals surface area contributed by atoms with E-state index in [0.717, 1.165) is 50.2 Å². The number of aromatic amines is 1. The van der Waals surface area contributed by atoms with Crippen LogP contribution >= 0.6 is 0 Å². The largest absolute Gasteiger partial charge is 0.348 e. The van der Waals surface area contributed by atoms with Gasteiger partial charge in [-0.25, -0.2) is 9.37 Å². The van der Waals surface area contributed by atoms with Gasteiger partial charge in [-0.3, -0.25) is 9.69 Å². The number of piperidine rings is 2. The standard InChI is InChI=1S/C20H25FN4O/c21-18-4-2-1-3-15(18)12-24-9-8-19-16(13-24)5-6-20(26)25(19)10-7-17-11-22-14-23-17/h1-4,11,14,16,19H,5-10,12-13H2,(H,22,23)/t16-,19+/m1/s1. The number of fused-ring (bicyclic) bond motifs is 1. The molecule has 1 aromatic carbocycles. The number of rotatable bonds is 5. The van der Waals surface area contributed by atoms with Crippen molar-refractivity contribution in [3.05, 3.63) is 53.9 Å². The third-order valence-electron chi connectivity index (χ3n) is 5.76. The van der Waals surface area contributed by atoms with Crippen LogP contribution < -0.4 is 0 Å². The van der Waals surface area contributed by atoms with Crippen LogP contribution in [0, 0.1) is 11.7 Å². The van der Waals surface area contributed by atoms with Gasteiger partial charge in [-0.05, 0) is 24.8 Å². The molecule has 1 N–H and O–H groups in total. The Morgan fingerprint density at radius 2 is 2.15 bits per heavy atom. The molecule has 4 rings (SSSR count). The molecule has 0 bridgehead atoms. The number of hydrogen-bond acceptors (Lipinski definition) is 3. The van der Waals surface area contributed by atoms with Crippen molar-refractivity contribution < 1.29 is 9.18 Å². The van der Waals surface area contributed by atoms with Crippen LogP contribution in [-0.4, -0.2) is 51.4 Å². The number of benzene rings is 1. The molecule has 6 heteroatoms. The lowest BCUT2D eigenvalue weighted by Crippen LogP contribution is -2.56. The van der Waals surface area contributed by atoms with E-state index in [2.05, 4.69) is 19.8 Å². The predicted octanol–water partition coefficient (Wildman–Crippen LogP) is 2.60. The maximum atomic E-state index is 13.9. The number of aromatic nitrogens is 2. The van der Waals surface area contributed by atoms with Gasteiger partial charge in [-0.1, -0.05) is 18.2 Å². The first-order valence-corrected chi connectivity index (χ1v) is 9.43. The Labute approximate surface area is 153 Å². The highest BCUT2D eigenvalue weighted by Crippen LogP contribution is 2.32. The summed E-state index contributed by atoms with van der Waals surface area (Å²) < 4.78 is 13.9. The Morgan fingerprint density at radius 1 is 1.27 bits per heavy atom. The highest BCUT2D eigenvalue weighted by Gasteiger charge is 2.39. The molecule has 26 heavy (non-hydrogen) atoms. The first-order valence-electron chi connectivity index (χ1n) is 9.43. The molecule has 3 heterocycles. The van der Waals surface area contributed by atoms with Crippen molar-refractivity contribution in [1.82, 2.24) is 19.8 Å². The van der Waals surface area contributed by atoms with E-state index in [1.807, 2.05) is 18.3 Å². The van der Waals surface area contributed by atoms with E-state index in [0.29, 0.717) is 24.9 Å². The molecule has 0 aliphatic carbocycles. The quantitative estimate of drug-likeness (QED) is 0.896. The summed E-state index contributed by atoms with van der Waals surface area (Å²) in [5.74, 6) is 0.623. The van der Waals surface area contributed by atoms with E-state index >= 15 is 0 Å². The molecule has 2 aliphatic rings. The number of halogens is 1. The lowest BCUT2D eigenvalue weighted by molar-refractivity contribution is -0.141. The Bertz CT molecular complexity index is 748. The number of nitrogens with one attached hydrogen (secondary N) is 1. The van der Waals surface area contributed by atoms with Crippen molar-refractivity contribution >= 4 is 5.91 Å². The summed E-state index contributed by atoms with van der Waals surface area (Å²) in [5, 5.41) is 0. The van der Waals surface area contributed by atoms with Crippen LogP contribution in [0.2, 0.25) is 0 Å². The lowest BCUT2D eigenvalue weighted by atomic mass is 9.83. The SMILES string of the molecule is O=C1CC[C@@H]2CN(Cc3ccccc3F)CC[C@@H]2N1CCc1cnc[nH]1. The van der Waals surface area contributed by atoms with Gasteiger partial charge in [-0.15, -0.1) is 0 Å². The first-order chi connectivity index (χ1) is 12.7. The number of amides is 1.